The van der Waals surface area contributed by atoms with Crippen LogP contribution in [-0.4, -0.2) is 5.91 Å². The molecule has 2 nitrogen and oxygen atoms in total. The summed E-state index contributed by atoms with van der Waals surface area (Å²) in [5, 5.41) is 3.01. The van der Waals surface area contributed by atoms with Gasteiger partial charge < -0.3 is 5.32 Å². The normalized spacial score (nSPS) is 11.9. The number of hydrogen-bond acceptors (Lipinski definition) is 1. The number of halogens is 1. The molecule has 0 heterocycles. The van der Waals surface area contributed by atoms with Crippen LogP contribution in [0.15, 0.2) is 53.0 Å². The number of carbonyl (C=O) groups excluding carboxylic acids is 1. The van der Waals surface area contributed by atoms with Crippen molar-refractivity contribution in [3.05, 3.63) is 69.7 Å². The maximum atomic E-state index is 12.1. The highest BCUT2D eigenvalue weighted by Crippen LogP contribution is 2.18. The first-order chi connectivity index (χ1) is 9.06. The van der Waals surface area contributed by atoms with Crippen LogP contribution in [0.1, 0.15) is 34.5 Å². The predicted octanol–water partition coefficient (Wildman–Crippen LogP) is 4.25. The molecule has 1 atom stereocenters. The molecule has 0 aromatic heterocycles. The van der Waals surface area contributed by atoms with Crippen molar-refractivity contribution in [2.75, 3.05) is 0 Å². The standard InChI is InChI=1S/C16H16BrNO/c1-11-5-3-7-14(9-11)16(19)18-12(2)13-6-4-8-15(17)10-13/h3-10,12H,1-2H3,(H,18,19). The van der Waals surface area contributed by atoms with E-state index in [0.717, 1.165) is 15.6 Å². The summed E-state index contributed by atoms with van der Waals surface area (Å²) in [4.78, 5) is 12.1. The van der Waals surface area contributed by atoms with Crippen molar-refractivity contribution in [1.82, 2.24) is 5.32 Å². The maximum absolute atomic E-state index is 12.1. The third-order valence-electron chi connectivity index (χ3n) is 2.98. The topological polar surface area (TPSA) is 29.1 Å². The molecule has 1 N–H and O–H groups in total. The Morgan fingerprint density at radius 1 is 1.16 bits per heavy atom. The molecule has 2 rings (SSSR count). The summed E-state index contributed by atoms with van der Waals surface area (Å²) in [7, 11) is 0. The van der Waals surface area contributed by atoms with E-state index in [-0.39, 0.29) is 11.9 Å². The van der Waals surface area contributed by atoms with Gasteiger partial charge >= 0.3 is 0 Å². The van der Waals surface area contributed by atoms with Crippen LogP contribution >= 0.6 is 15.9 Å². The average molecular weight is 318 g/mol. The van der Waals surface area contributed by atoms with E-state index in [1.807, 2.05) is 62.4 Å². The van der Waals surface area contributed by atoms with Gasteiger partial charge in [0.05, 0.1) is 6.04 Å². The monoisotopic (exact) mass is 317 g/mol. The Morgan fingerprint density at radius 3 is 2.58 bits per heavy atom. The van der Waals surface area contributed by atoms with Gasteiger partial charge in [0.1, 0.15) is 0 Å². The molecular formula is C16H16BrNO. The molecule has 0 saturated heterocycles. The lowest BCUT2D eigenvalue weighted by Gasteiger charge is -2.15. The van der Waals surface area contributed by atoms with Crippen LogP contribution in [0.5, 0.6) is 0 Å². The van der Waals surface area contributed by atoms with Gasteiger partial charge in [-0.3, -0.25) is 4.79 Å². The van der Waals surface area contributed by atoms with E-state index in [1.165, 1.54) is 0 Å². The van der Waals surface area contributed by atoms with Crippen LogP contribution in [0.2, 0.25) is 0 Å². The molecule has 0 fully saturated rings. The minimum Gasteiger partial charge on any atom is -0.346 e. The maximum Gasteiger partial charge on any atom is 0.251 e. The lowest BCUT2D eigenvalue weighted by atomic mass is 10.1. The Bertz CT molecular complexity index is 595. The van der Waals surface area contributed by atoms with Gasteiger partial charge in [0, 0.05) is 10.0 Å². The second-order valence-corrected chi connectivity index (χ2v) is 5.54. The fourth-order valence-corrected chi connectivity index (χ4v) is 2.34. The number of hydrogen-bond donors (Lipinski definition) is 1. The Morgan fingerprint density at radius 2 is 1.89 bits per heavy atom. The van der Waals surface area contributed by atoms with Gasteiger partial charge in [-0.15, -0.1) is 0 Å². The number of amides is 1. The van der Waals surface area contributed by atoms with Crippen LogP contribution in [0.4, 0.5) is 0 Å². The molecule has 0 aliphatic heterocycles. The van der Waals surface area contributed by atoms with Gasteiger partial charge in [0.2, 0.25) is 0 Å². The molecule has 3 heteroatoms. The zero-order valence-corrected chi connectivity index (χ0v) is 12.6. The molecule has 0 spiro atoms. The predicted molar refractivity (Wildman–Crippen MR) is 81.2 cm³/mol. The zero-order chi connectivity index (χ0) is 13.8. The third-order valence-corrected chi connectivity index (χ3v) is 3.47. The van der Waals surface area contributed by atoms with E-state index in [4.69, 9.17) is 0 Å². The van der Waals surface area contributed by atoms with Crippen molar-refractivity contribution in [3.8, 4) is 0 Å². The number of nitrogens with one attached hydrogen (secondary N) is 1. The van der Waals surface area contributed by atoms with Gasteiger partial charge in [-0.1, -0.05) is 45.8 Å². The summed E-state index contributed by atoms with van der Waals surface area (Å²) in [6, 6.07) is 15.5. The Labute approximate surface area is 122 Å². The summed E-state index contributed by atoms with van der Waals surface area (Å²) in [6.45, 7) is 3.96. The number of carbonyl (C=O) groups is 1. The molecule has 1 amide bonds. The molecule has 2 aromatic rings. The Hall–Kier alpha value is -1.61. The summed E-state index contributed by atoms with van der Waals surface area (Å²) >= 11 is 3.44. The first kappa shape index (κ1) is 13.8. The van der Waals surface area contributed by atoms with Gasteiger partial charge in [-0.05, 0) is 43.7 Å². The highest BCUT2D eigenvalue weighted by atomic mass is 79.9. The van der Waals surface area contributed by atoms with Crippen LogP contribution < -0.4 is 5.32 Å². The van der Waals surface area contributed by atoms with Crippen molar-refractivity contribution in [2.24, 2.45) is 0 Å². The second kappa shape index (κ2) is 6.02. The average Bonchev–Trinajstić information content (AvgIpc) is 2.38. The lowest BCUT2D eigenvalue weighted by Crippen LogP contribution is -2.26. The van der Waals surface area contributed by atoms with E-state index in [9.17, 15) is 4.79 Å². The summed E-state index contributed by atoms with van der Waals surface area (Å²) in [5.74, 6) is -0.0452. The molecule has 98 valence electrons. The fraction of sp³-hybridized carbons (Fsp3) is 0.188. The lowest BCUT2D eigenvalue weighted by molar-refractivity contribution is 0.0940. The van der Waals surface area contributed by atoms with Crippen LogP contribution in [0.3, 0.4) is 0 Å². The van der Waals surface area contributed by atoms with Crippen molar-refractivity contribution >= 4 is 21.8 Å². The van der Waals surface area contributed by atoms with E-state index < -0.39 is 0 Å². The molecule has 2 aromatic carbocycles. The molecule has 0 aliphatic rings. The quantitative estimate of drug-likeness (QED) is 0.901. The van der Waals surface area contributed by atoms with Gasteiger partial charge in [0.15, 0.2) is 0 Å². The van der Waals surface area contributed by atoms with Crippen molar-refractivity contribution < 1.29 is 4.79 Å². The van der Waals surface area contributed by atoms with E-state index in [2.05, 4.69) is 21.2 Å². The molecule has 0 saturated carbocycles. The molecule has 0 radical (unpaired) electrons. The number of benzene rings is 2. The summed E-state index contributed by atoms with van der Waals surface area (Å²) in [6.07, 6.45) is 0. The van der Waals surface area contributed by atoms with E-state index in [1.54, 1.807) is 0 Å². The van der Waals surface area contributed by atoms with Crippen molar-refractivity contribution in [1.29, 1.82) is 0 Å². The second-order valence-electron chi connectivity index (χ2n) is 4.62. The minimum atomic E-state index is -0.0452. The summed E-state index contributed by atoms with van der Waals surface area (Å²) in [5.41, 5.74) is 2.86. The highest BCUT2D eigenvalue weighted by molar-refractivity contribution is 9.10. The summed E-state index contributed by atoms with van der Waals surface area (Å²) < 4.78 is 1.02. The van der Waals surface area contributed by atoms with Crippen LogP contribution in [-0.2, 0) is 0 Å². The fourth-order valence-electron chi connectivity index (χ4n) is 1.93. The largest absolute Gasteiger partial charge is 0.346 e. The third kappa shape index (κ3) is 3.67. The Kier molecular flexibility index (Phi) is 4.38. The van der Waals surface area contributed by atoms with Crippen molar-refractivity contribution in [3.63, 3.8) is 0 Å². The van der Waals surface area contributed by atoms with Crippen LogP contribution in [0, 0.1) is 6.92 Å². The number of rotatable bonds is 3. The Balaban J connectivity index is 2.11. The molecule has 0 bridgehead atoms. The minimum absolute atomic E-state index is 0.0227. The van der Waals surface area contributed by atoms with Gasteiger partial charge in [-0.2, -0.15) is 0 Å². The SMILES string of the molecule is Cc1cccc(C(=O)NC(C)c2cccc(Br)c2)c1. The van der Waals surface area contributed by atoms with Gasteiger partial charge in [-0.25, -0.2) is 0 Å². The molecule has 1 unspecified atom stereocenters. The smallest absolute Gasteiger partial charge is 0.251 e. The first-order valence-corrected chi connectivity index (χ1v) is 6.98. The van der Waals surface area contributed by atoms with Crippen molar-refractivity contribution in [2.45, 2.75) is 19.9 Å². The highest BCUT2D eigenvalue weighted by Gasteiger charge is 2.11. The molecule has 0 aliphatic carbocycles. The van der Waals surface area contributed by atoms with Gasteiger partial charge in [0.25, 0.3) is 5.91 Å². The van der Waals surface area contributed by atoms with E-state index in [0.29, 0.717) is 5.56 Å². The molecular weight excluding hydrogens is 302 g/mol. The number of aryl methyl sites for hydroxylation is 1. The zero-order valence-electron chi connectivity index (χ0n) is 11.0. The molecule has 19 heavy (non-hydrogen) atoms. The van der Waals surface area contributed by atoms with Crippen LogP contribution in [0.25, 0.3) is 0 Å². The van der Waals surface area contributed by atoms with E-state index >= 15 is 0 Å². The first-order valence-electron chi connectivity index (χ1n) is 6.19.